The summed E-state index contributed by atoms with van der Waals surface area (Å²) >= 11 is 0.898. The van der Waals surface area contributed by atoms with Crippen LogP contribution < -0.4 is 14.9 Å². The van der Waals surface area contributed by atoms with Gasteiger partial charge in [0.25, 0.3) is 11.8 Å². The molecule has 2 aromatic carbocycles. The number of sulfonamides is 1. The van der Waals surface area contributed by atoms with Gasteiger partial charge in [-0.05, 0) is 42.7 Å². The van der Waals surface area contributed by atoms with E-state index in [-0.39, 0.29) is 25.7 Å². The zero-order chi connectivity index (χ0) is 31.0. The summed E-state index contributed by atoms with van der Waals surface area (Å²) in [4.78, 5) is 30.1. The summed E-state index contributed by atoms with van der Waals surface area (Å²) in [5.41, 5.74) is 0.278. The fourth-order valence-corrected chi connectivity index (χ4v) is 5.74. The largest absolute Gasteiger partial charge is 0.388 e. The highest BCUT2D eigenvalue weighted by molar-refractivity contribution is 7.92. The van der Waals surface area contributed by atoms with Gasteiger partial charge >= 0.3 is 0 Å². The molecule has 0 aliphatic carbocycles. The van der Waals surface area contributed by atoms with Crippen molar-refractivity contribution in [3.8, 4) is 0 Å². The number of carbonyl (C=O) groups is 2. The molecular formula is C28H38F2N4O6S2. The number of nitrogens with one attached hydrogen (secondary N) is 2. The lowest BCUT2D eigenvalue weighted by Gasteiger charge is -2.33. The topological polar surface area (TPSA) is 149 Å². The second-order valence-electron chi connectivity index (χ2n) is 9.88. The van der Waals surface area contributed by atoms with Gasteiger partial charge in [0.15, 0.2) is 5.13 Å². The van der Waals surface area contributed by atoms with Gasteiger partial charge in [0, 0.05) is 26.9 Å². The Morgan fingerprint density at radius 1 is 1.02 bits per heavy atom. The zero-order valence-corrected chi connectivity index (χ0v) is 25.0. The van der Waals surface area contributed by atoms with E-state index in [0.29, 0.717) is 24.5 Å². The quantitative estimate of drug-likeness (QED) is 0.214. The summed E-state index contributed by atoms with van der Waals surface area (Å²) in [7, 11) is -2.37. The van der Waals surface area contributed by atoms with Crippen LogP contribution in [0.4, 0.5) is 13.9 Å². The molecule has 0 saturated heterocycles. The molecule has 1 aromatic heterocycles. The number of hydrogen-bond donors (Lipinski definition) is 4. The number of aliphatic hydroxyl groups excluding tert-OH is 2. The molecule has 3 rings (SSSR count). The molecule has 0 spiro atoms. The van der Waals surface area contributed by atoms with Gasteiger partial charge in [-0.2, -0.15) is 0 Å². The van der Waals surface area contributed by atoms with Gasteiger partial charge < -0.3 is 20.8 Å². The standard InChI is InChI=1S/C28H34F2N4O6S2.2H2/c1-4-5-11-21(31-26(37)18-9-7-6-8-10-18)24(35)25(36)22(14-17-12-19(29)15-20(30)13-17)32-27(38)23-16-41-28(33-23)34(2)42(3,39)40;;/h6-10,12-13,15-16,21-22,24-25,35-36H,4-5,11,14H2,1-3H3,(H,31,37)(H,32,38);2*1H/t21-,22+,24-,25-;;/m1../s1. The molecule has 232 valence electrons. The Balaban J connectivity index is 0.00000484. The number of rotatable bonds is 14. The molecular weight excluding hydrogens is 590 g/mol. The Labute approximate surface area is 250 Å². The van der Waals surface area contributed by atoms with E-state index in [4.69, 9.17) is 0 Å². The molecule has 4 atom stereocenters. The molecule has 0 radical (unpaired) electrons. The van der Waals surface area contributed by atoms with Crippen LogP contribution in [0, 0.1) is 11.6 Å². The molecule has 0 fully saturated rings. The van der Waals surface area contributed by atoms with Crippen molar-refractivity contribution >= 4 is 38.3 Å². The predicted octanol–water partition coefficient (Wildman–Crippen LogP) is 3.36. The molecule has 10 nitrogen and oxygen atoms in total. The number of aromatic nitrogens is 1. The molecule has 42 heavy (non-hydrogen) atoms. The number of unbranched alkanes of at least 4 members (excludes halogenated alkanes) is 1. The average molecular weight is 629 g/mol. The van der Waals surface area contributed by atoms with Crippen molar-refractivity contribution in [3.05, 3.63) is 82.4 Å². The van der Waals surface area contributed by atoms with Gasteiger partial charge in [0.05, 0.1) is 18.3 Å². The summed E-state index contributed by atoms with van der Waals surface area (Å²) in [6, 6.07) is 8.85. The molecule has 2 amide bonds. The minimum Gasteiger partial charge on any atom is -0.388 e. The van der Waals surface area contributed by atoms with Crippen molar-refractivity contribution in [3.63, 3.8) is 0 Å². The van der Waals surface area contributed by atoms with Crippen molar-refractivity contribution < 1.29 is 39.9 Å². The van der Waals surface area contributed by atoms with Crippen LogP contribution in [0.25, 0.3) is 0 Å². The number of hydrogen-bond acceptors (Lipinski definition) is 8. The first-order valence-corrected chi connectivity index (χ1v) is 15.9. The van der Waals surface area contributed by atoms with Crippen molar-refractivity contribution in [2.24, 2.45) is 0 Å². The second-order valence-corrected chi connectivity index (χ2v) is 12.7. The van der Waals surface area contributed by atoms with E-state index < -0.39 is 57.8 Å². The summed E-state index contributed by atoms with van der Waals surface area (Å²) in [6.45, 7) is 1.92. The first-order valence-electron chi connectivity index (χ1n) is 13.2. The third-order valence-electron chi connectivity index (χ3n) is 6.58. The average Bonchev–Trinajstić information content (AvgIpc) is 3.43. The monoisotopic (exact) mass is 628 g/mol. The predicted molar refractivity (Wildman–Crippen MR) is 160 cm³/mol. The number of carbonyl (C=O) groups excluding carboxylic acids is 2. The highest BCUT2D eigenvalue weighted by Crippen LogP contribution is 2.22. The van der Waals surface area contributed by atoms with E-state index >= 15 is 0 Å². The number of nitrogens with zero attached hydrogens (tertiary/aromatic N) is 2. The maximum absolute atomic E-state index is 14.0. The fourth-order valence-electron chi connectivity index (χ4n) is 4.21. The number of halogens is 2. The van der Waals surface area contributed by atoms with Crippen LogP contribution in [0.3, 0.4) is 0 Å². The van der Waals surface area contributed by atoms with E-state index in [1.165, 1.54) is 12.4 Å². The molecule has 0 aliphatic rings. The highest BCUT2D eigenvalue weighted by atomic mass is 32.2. The number of amides is 2. The van der Waals surface area contributed by atoms with Crippen molar-refractivity contribution in [1.82, 2.24) is 15.6 Å². The molecule has 4 N–H and O–H groups in total. The maximum atomic E-state index is 14.0. The van der Waals surface area contributed by atoms with Gasteiger partial charge in [-0.25, -0.2) is 26.5 Å². The van der Waals surface area contributed by atoms with E-state index in [2.05, 4.69) is 15.6 Å². The van der Waals surface area contributed by atoms with E-state index in [1.807, 2.05) is 6.92 Å². The van der Waals surface area contributed by atoms with Gasteiger partial charge in [-0.3, -0.25) is 9.59 Å². The SMILES string of the molecule is CCCC[C@@H](NC(=O)c1ccccc1)[C@@H](O)[C@H](O)[C@H](Cc1cc(F)cc(F)c1)NC(=O)c1csc(N(C)S(C)(=O)=O)n1.[HH].[HH]. The molecule has 1 heterocycles. The summed E-state index contributed by atoms with van der Waals surface area (Å²) in [5, 5.41) is 29.2. The van der Waals surface area contributed by atoms with E-state index in [0.717, 1.165) is 40.5 Å². The molecule has 0 unspecified atom stereocenters. The minimum atomic E-state index is -3.64. The van der Waals surface area contributed by atoms with Crippen LogP contribution in [-0.4, -0.2) is 73.0 Å². The molecule has 0 aliphatic heterocycles. The normalized spacial score (nSPS) is 14.5. The Morgan fingerprint density at radius 2 is 1.62 bits per heavy atom. The van der Waals surface area contributed by atoms with Crippen LogP contribution in [0.2, 0.25) is 0 Å². The smallest absolute Gasteiger partial charge is 0.271 e. The fraction of sp³-hybridized carbons (Fsp3) is 0.393. The Hall–Kier alpha value is -3.46. The third-order valence-corrected chi connectivity index (χ3v) is 8.78. The van der Waals surface area contributed by atoms with Crippen LogP contribution in [0.15, 0.2) is 53.9 Å². The van der Waals surface area contributed by atoms with Crippen LogP contribution in [-0.2, 0) is 16.4 Å². The maximum Gasteiger partial charge on any atom is 0.271 e. The second kappa shape index (κ2) is 14.6. The summed E-state index contributed by atoms with van der Waals surface area (Å²) in [6.07, 6.45) is -0.958. The van der Waals surface area contributed by atoms with E-state index in [1.54, 1.807) is 30.3 Å². The van der Waals surface area contributed by atoms with Gasteiger partial charge in [0.1, 0.15) is 29.5 Å². The number of anilines is 1. The number of aliphatic hydroxyl groups is 2. The Bertz CT molecular complexity index is 1460. The van der Waals surface area contributed by atoms with E-state index in [9.17, 15) is 37.0 Å². The first kappa shape index (κ1) is 33.0. The minimum absolute atomic E-state index is 0. The van der Waals surface area contributed by atoms with Crippen LogP contribution in [0.1, 0.15) is 55.4 Å². The van der Waals surface area contributed by atoms with Crippen molar-refractivity contribution in [2.75, 3.05) is 17.6 Å². The van der Waals surface area contributed by atoms with Gasteiger partial charge in [-0.1, -0.05) is 38.0 Å². The van der Waals surface area contributed by atoms with Gasteiger partial charge in [0.2, 0.25) is 10.0 Å². The summed E-state index contributed by atoms with van der Waals surface area (Å²) < 4.78 is 52.5. The molecule has 0 saturated carbocycles. The highest BCUT2D eigenvalue weighted by Gasteiger charge is 2.35. The van der Waals surface area contributed by atoms with Gasteiger partial charge in [-0.15, -0.1) is 11.3 Å². The Kier molecular flexibility index (Phi) is 11.5. The number of benzene rings is 2. The van der Waals surface area contributed by atoms with Crippen LogP contribution in [0.5, 0.6) is 0 Å². The number of thiazole rings is 1. The molecule has 3 aromatic rings. The lowest BCUT2D eigenvalue weighted by Crippen LogP contribution is -2.56. The lowest BCUT2D eigenvalue weighted by molar-refractivity contribution is -0.0238. The lowest BCUT2D eigenvalue weighted by atomic mass is 9.91. The molecule has 14 heteroatoms. The van der Waals surface area contributed by atoms with Crippen molar-refractivity contribution in [1.29, 1.82) is 0 Å². The van der Waals surface area contributed by atoms with Crippen LogP contribution >= 0.6 is 11.3 Å². The molecule has 0 bridgehead atoms. The first-order chi connectivity index (χ1) is 19.8. The zero-order valence-electron chi connectivity index (χ0n) is 23.3. The summed E-state index contributed by atoms with van der Waals surface area (Å²) in [5.74, 6) is -3.02. The van der Waals surface area contributed by atoms with Crippen molar-refractivity contribution in [2.45, 2.75) is 56.9 Å². The third kappa shape index (κ3) is 9.02. The Morgan fingerprint density at radius 3 is 2.21 bits per heavy atom.